The Hall–Kier alpha value is -2.46. The molecule has 0 spiro atoms. The van der Waals surface area contributed by atoms with Crippen LogP contribution in [0.4, 0.5) is 4.39 Å². The van der Waals surface area contributed by atoms with Gasteiger partial charge in [-0.25, -0.2) is 14.4 Å². The third kappa shape index (κ3) is 5.54. The zero-order chi connectivity index (χ0) is 18.2. The molecule has 132 valence electrons. The van der Waals surface area contributed by atoms with Gasteiger partial charge in [-0.3, -0.25) is 0 Å². The molecule has 25 heavy (non-hydrogen) atoms. The number of hydrogen-bond donors (Lipinski definition) is 2. The fourth-order valence-electron chi connectivity index (χ4n) is 2.21. The minimum Gasteiger partial charge on any atom is -0.357 e. The third-order valence-corrected chi connectivity index (χ3v) is 4.76. The molecule has 0 atom stereocenters. The summed E-state index contributed by atoms with van der Waals surface area (Å²) in [5, 5.41) is 16.4. The molecule has 5 nitrogen and oxygen atoms in total. The van der Waals surface area contributed by atoms with Crippen molar-refractivity contribution in [3.05, 3.63) is 50.7 Å². The summed E-state index contributed by atoms with van der Waals surface area (Å²) in [5.74, 6) is 0.265. The second-order valence-electron chi connectivity index (χ2n) is 5.54. The van der Waals surface area contributed by atoms with E-state index in [0.29, 0.717) is 30.2 Å². The number of aromatic nitrogens is 1. The average Bonchev–Trinajstić information content (AvgIpc) is 2.92. The summed E-state index contributed by atoms with van der Waals surface area (Å²) in [6, 6.07) is 6.31. The van der Waals surface area contributed by atoms with Crippen LogP contribution in [0.25, 0.3) is 0 Å². The predicted molar refractivity (Wildman–Crippen MR) is 99.2 cm³/mol. The van der Waals surface area contributed by atoms with Crippen LogP contribution in [-0.2, 0) is 13.0 Å². The molecule has 0 unspecified atom stereocenters. The molecule has 2 rings (SSSR count). The lowest BCUT2D eigenvalue weighted by Crippen LogP contribution is -2.38. The Morgan fingerprint density at radius 3 is 2.80 bits per heavy atom. The van der Waals surface area contributed by atoms with E-state index in [2.05, 4.69) is 27.5 Å². The molecule has 0 aliphatic heterocycles. The number of halogens is 1. The van der Waals surface area contributed by atoms with Gasteiger partial charge in [0, 0.05) is 30.0 Å². The fourth-order valence-corrected chi connectivity index (χ4v) is 3.14. The lowest BCUT2D eigenvalue weighted by Gasteiger charge is -2.11. The molecule has 1 aromatic carbocycles. The first-order valence-electron chi connectivity index (χ1n) is 8.17. The number of nitrogens with zero attached hydrogens (tertiary/aromatic N) is 3. The van der Waals surface area contributed by atoms with Crippen molar-refractivity contribution >= 4 is 17.3 Å². The van der Waals surface area contributed by atoms with E-state index in [9.17, 15) is 4.39 Å². The molecule has 2 aromatic rings. The van der Waals surface area contributed by atoms with E-state index in [1.54, 1.807) is 11.3 Å². The minimum atomic E-state index is -0.354. The summed E-state index contributed by atoms with van der Waals surface area (Å²) in [5.41, 5.74) is 1.91. The quantitative estimate of drug-likeness (QED) is 0.614. The maximum Gasteiger partial charge on any atom is 0.191 e. The summed E-state index contributed by atoms with van der Waals surface area (Å²) >= 11 is 1.70. The van der Waals surface area contributed by atoms with Gasteiger partial charge >= 0.3 is 0 Å². The summed E-state index contributed by atoms with van der Waals surface area (Å²) in [7, 11) is 0. The van der Waals surface area contributed by atoms with Crippen LogP contribution < -0.4 is 10.6 Å². The van der Waals surface area contributed by atoms with Crippen LogP contribution in [-0.4, -0.2) is 24.0 Å². The van der Waals surface area contributed by atoms with Crippen LogP contribution in [0.2, 0.25) is 0 Å². The Bertz CT molecular complexity index is 772. The molecular weight excluding hydrogens is 337 g/mol. The van der Waals surface area contributed by atoms with Gasteiger partial charge in [0.05, 0.1) is 28.9 Å². The van der Waals surface area contributed by atoms with Crippen LogP contribution in [0.1, 0.15) is 33.6 Å². The second kappa shape index (κ2) is 9.14. The Balaban J connectivity index is 1.97. The lowest BCUT2D eigenvalue weighted by atomic mass is 10.1. The SMILES string of the molecule is CCNC(=NCc1cc(C#N)ccc1F)NCCc1nc(C)c(C)s1. The summed E-state index contributed by atoms with van der Waals surface area (Å²) in [6.45, 7) is 7.63. The molecule has 1 heterocycles. The predicted octanol–water partition coefficient (Wildman–Crippen LogP) is 3.07. The van der Waals surface area contributed by atoms with Gasteiger partial charge in [-0.1, -0.05) is 0 Å². The summed E-state index contributed by atoms with van der Waals surface area (Å²) in [6.07, 6.45) is 0.808. The molecule has 0 saturated heterocycles. The normalized spacial score (nSPS) is 11.2. The Morgan fingerprint density at radius 2 is 2.16 bits per heavy atom. The average molecular weight is 359 g/mol. The van der Waals surface area contributed by atoms with E-state index < -0.39 is 0 Å². The van der Waals surface area contributed by atoms with Crippen molar-refractivity contribution in [3.8, 4) is 6.07 Å². The summed E-state index contributed by atoms with van der Waals surface area (Å²) in [4.78, 5) is 10.2. The number of nitrogens with one attached hydrogen (secondary N) is 2. The Labute approximate surface area is 151 Å². The van der Waals surface area contributed by atoms with Gasteiger partial charge in [0.25, 0.3) is 0 Å². The van der Waals surface area contributed by atoms with E-state index >= 15 is 0 Å². The van der Waals surface area contributed by atoms with Gasteiger partial charge < -0.3 is 10.6 Å². The third-order valence-electron chi connectivity index (χ3n) is 3.63. The minimum absolute atomic E-state index is 0.173. The fraction of sp³-hybridized carbons (Fsp3) is 0.389. The highest BCUT2D eigenvalue weighted by Gasteiger charge is 2.06. The van der Waals surface area contributed by atoms with Gasteiger partial charge in [-0.15, -0.1) is 11.3 Å². The Morgan fingerprint density at radius 1 is 1.36 bits per heavy atom. The maximum absolute atomic E-state index is 13.8. The van der Waals surface area contributed by atoms with Crippen LogP contribution in [0.3, 0.4) is 0 Å². The van der Waals surface area contributed by atoms with Crippen molar-refractivity contribution in [1.29, 1.82) is 5.26 Å². The number of nitriles is 1. The molecule has 7 heteroatoms. The van der Waals surface area contributed by atoms with Crippen molar-refractivity contribution in [3.63, 3.8) is 0 Å². The van der Waals surface area contributed by atoms with Crippen LogP contribution in [0, 0.1) is 31.0 Å². The first-order valence-corrected chi connectivity index (χ1v) is 8.98. The van der Waals surface area contributed by atoms with E-state index in [-0.39, 0.29) is 12.4 Å². The van der Waals surface area contributed by atoms with Crippen molar-refractivity contribution in [2.24, 2.45) is 4.99 Å². The van der Waals surface area contributed by atoms with Gasteiger partial charge in [-0.05, 0) is 39.0 Å². The largest absolute Gasteiger partial charge is 0.357 e. The molecule has 0 amide bonds. The van der Waals surface area contributed by atoms with Crippen LogP contribution >= 0.6 is 11.3 Å². The smallest absolute Gasteiger partial charge is 0.191 e. The topological polar surface area (TPSA) is 73.1 Å². The molecule has 2 N–H and O–H groups in total. The van der Waals surface area contributed by atoms with Gasteiger partial charge in [-0.2, -0.15) is 5.26 Å². The lowest BCUT2D eigenvalue weighted by molar-refractivity contribution is 0.610. The number of aryl methyl sites for hydroxylation is 2. The number of benzene rings is 1. The standard InChI is InChI=1S/C18H22FN5S/c1-4-21-18(22-8-7-17-24-12(2)13(3)25-17)23-11-15-9-14(10-20)5-6-16(15)19/h5-6,9H,4,7-8,11H2,1-3H3,(H2,21,22,23). The zero-order valence-corrected chi connectivity index (χ0v) is 15.5. The highest BCUT2D eigenvalue weighted by Crippen LogP contribution is 2.16. The monoisotopic (exact) mass is 359 g/mol. The molecule has 0 saturated carbocycles. The van der Waals surface area contributed by atoms with E-state index in [1.807, 2.05) is 19.9 Å². The number of thiazole rings is 1. The number of hydrogen-bond acceptors (Lipinski definition) is 4. The number of aliphatic imine (C=N–C) groups is 1. The van der Waals surface area contributed by atoms with Gasteiger partial charge in [0.15, 0.2) is 5.96 Å². The van der Waals surface area contributed by atoms with Crippen molar-refractivity contribution < 1.29 is 4.39 Å². The van der Waals surface area contributed by atoms with E-state index in [4.69, 9.17) is 5.26 Å². The highest BCUT2D eigenvalue weighted by atomic mass is 32.1. The van der Waals surface area contributed by atoms with E-state index in [0.717, 1.165) is 17.1 Å². The number of guanidine groups is 1. The molecule has 0 fully saturated rings. The summed E-state index contributed by atoms with van der Waals surface area (Å²) < 4.78 is 13.8. The van der Waals surface area contributed by atoms with Gasteiger partial charge in [0.1, 0.15) is 5.82 Å². The first kappa shape index (κ1) is 18.9. The van der Waals surface area contributed by atoms with Crippen molar-refractivity contribution in [2.45, 2.75) is 33.7 Å². The molecule has 0 aliphatic rings. The molecular formula is C18H22FN5S. The Kier molecular flexibility index (Phi) is 6.90. The maximum atomic E-state index is 13.8. The molecule has 1 aromatic heterocycles. The second-order valence-corrected chi connectivity index (χ2v) is 6.83. The van der Waals surface area contributed by atoms with Crippen molar-refractivity contribution in [2.75, 3.05) is 13.1 Å². The molecule has 0 radical (unpaired) electrons. The highest BCUT2D eigenvalue weighted by molar-refractivity contribution is 7.11. The van der Waals surface area contributed by atoms with Gasteiger partial charge in [0.2, 0.25) is 0 Å². The first-order chi connectivity index (χ1) is 12.0. The van der Waals surface area contributed by atoms with Crippen LogP contribution in [0.5, 0.6) is 0 Å². The number of rotatable bonds is 6. The van der Waals surface area contributed by atoms with E-state index in [1.165, 1.54) is 23.1 Å². The van der Waals surface area contributed by atoms with Crippen LogP contribution in [0.15, 0.2) is 23.2 Å². The molecule has 0 bridgehead atoms. The zero-order valence-electron chi connectivity index (χ0n) is 14.7. The van der Waals surface area contributed by atoms with Crippen molar-refractivity contribution in [1.82, 2.24) is 15.6 Å². The molecule has 0 aliphatic carbocycles.